The summed E-state index contributed by atoms with van der Waals surface area (Å²) in [6.07, 6.45) is 5.61. The van der Waals surface area contributed by atoms with Gasteiger partial charge >= 0.3 is 0 Å². The molecule has 0 saturated carbocycles. The zero-order valence-electron chi connectivity index (χ0n) is 8.00. The maximum Gasteiger partial charge on any atom is 0.107 e. The smallest absolute Gasteiger partial charge is 0.107 e. The van der Waals surface area contributed by atoms with Gasteiger partial charge < -0.3 is 0 Å². The molecule has 0 aliphatic heterocycles. The van der Waals surface area contributed by atoms with E-state index in [2.05, 4.69) is 16.9 Å². The summed E-state index contributed by atoms with van der Waals surface area (Å²) >= 11 is 6.22. The number of hydrogen-bond acceptors (Lipinski definition) is 2. The Labute approximate surface area is 88.0 Å². The van der Waals surface area contributed by atoms with E-state index in [0.29, 0.717) is 0 Å². The molecule has 14 heavy (non-hydrogen) atoms. The molecule has 0 aliphatic rings. The molecular weight excluding hydrogens is 196 g/mol. The molecule has 2 rings (SSSR count). The van der Waals surface area contributed by atoms with Crippen LogP contribution < -0.4 is 0 Å². The molecule has 72 valence electrons. The van der Waals surface area contributed by atoms with Crippen molar-refractivity contribution in [1.29, 1.82) is 0 Å². The summed E-state index contributed by atoms with van der Waals surface area (Å²) < 4.78 is 0. The summed E-state index contributed by atoms with van der Waals surface area (Å²) in [7, 11) is 0. The summed E-state index contributed by atoms with van der Waals surface area (Å²) in [6.45, 7) is 2.12. The SMILES string of the molecule is CCCc1cnc2cccnc2c1Cl. The maximum atomic E-state index is 6.22. The third kappa shape index (κ3) is 1.58. The van der Waals surface area contributed by atoms with Crippen molar-refractivity contribution in [2.24, 2.45) is 0 Å². The highest BCUT2D eigenvalue weighted by Gasteiger charge is 2.05. The molecule has 0 N–H and O–H groups in total. The number of aryl methyl sites for hydroxylation is 1. The Bertz CT molecular complexity index is 454. The number of nitrogens with zero attached hydrogens (tertiary/aromatic N) is 2. The molecular formula is C11H11ClN2. The minimum atomic E-state index is 0.748. The fraction of sp³-hybridized carbons (Fsp3) is 0.273. The number of pyridine rings is 2. The maximum absolute atomic E-state index is 6.22. The van der Waals surface area contributed by atoms with E-state index >= 15 is 0 Å². The lowest BCUT2D eigenvalue weighted by molar-refractivity contribution is 0.917. The second kappa shape index (κ2) is 3.93. The highest BCUT2D eigenvalue weighted by Crippen LogP contribution is 2.24. The summed E-state index contributed by atoms with van der Waals surface area (Å²) in [4.78, 5) is 8.54. The van der Waals surface area contributed by atoms with Crippen LogP contribution in [0.25, 0.3) is 11.0 Å². The molecule has 3 heteroatoms. The van der Waals surface area contributed by atoms with Gasteiger partial charge in [-0.25, -0.2) is 0 Å². The number of aromatic nitrogens is 2. The summed E-state index contributed by atoms with van der Waals surface area (Å²) in [5.74, 6) is 0. The molecule has 0 radical (unpaired) electrons. The van der Waals surface area contributed by atoms with Crippen LogP contribution in [0.3, 0.4) is 0 Å². The van der Waals surface area contributed by atoms with E-state index in [9.17, 15) is 0 Å². The second-order valence-corrected chi connectivity index (χ2v) is 3.60. The van der Waals surface area contributed by atoms with Gasteiger partial charge in [-0.15, -0.1) is 0 Å². The molecule has 0 fully saturated rings. The molecule has 0 atom stereocenters. The zero-order chi connectivity index (χ0) is 9.97. The largest absolute Gasteiger partial charge is 0.254 e. The molecule has 2 heterocycles. The van der Waals surface area contributed by atoms with Crippen LogP contribution in [0, 0.1) is 0 Å². The van der Waals surface area contributed by atoms with E-state index in [-0.39, 0.29) is 0 Å². The van der Waals surface area contributed by atoms with Crippen LogP contribution in [0.5, 0.6) is 0 Å². The lowest BCUT2D eigenvalue weighted by Crippen LogP contribution is -1.91. The molecule has 0 unspecified atom stereocenters. The molecule has 0 aliphatic carbocycles. The highest BCUT2D eigenvalue weighted by molar-refractivity contribution is 6.35. The van der Waals surface area contributed by atoms with Crippen molar-refractivity contribution in [2.45, 2.75) is 19.8 Å². The monoisotopic (exact) mass is 206 g/mol. The van der Waals surface area contributed by atoms with Crippen LogP contribution in [-0.4, -0.2) is 9.97 Å². The lowest BCUT2D eigenvalue weighted by Gasteiger charge is -2.04. The van der Waals surface area contributed by atoms with Crippen molar-refractivity contribution in [3.8, 4) is 0 Å². The first kappa shape index (κ1) is 9.41. The standard InChI is InChI=1S/C11H11ClN2/c1-2-4-8-7-14-9-5-3-6-13-11(9)10(8)12/h3,5-7H,2,4H2,1H3. The fourth-order valence-electron chi connectivity index (χ4n) is 1.47. The zero-order valence-corrected chi connectivity index (χ0v) is 8.75. The normalized spacial score (nSPS) is 10.7. The molecule has 0 amide bonds. The van der Waals surface area contributed by atoms with Crippen molar-refractivity contribution < 1.29 is 0 Å². The van der Waals surface area contributed by atoms with Gasteiger partial charge in [0.05, 0.1) is 10.5 Å². The van der Waals surface area contributed by atoms with E-state index in [4.69, 9.17) is 11.6 Å². The van der Waals surface area contributed by atoms with Crippen LogP contribution in [0.4, 0.5) is 0 Å². The average molecular weight is 207 g/mol. The van der Waals surface area contributed by atoms with Crippen molar-refractivity contribution in [3.63, 3.8) is 0 Å². The van der Waals surface area contributed by atoms with E-state index < -0.39 is 0 Å². The van der Waals surface area contributed by atoms with Gasteiger partial charge in [-0.05, 0) is 24.1 Å². The predicted octanol–water partition coefficient (Wildman–Crippen LogP) is 3.24. The minimum absolute atomic E-state index is 0.748. The number of fused-ring (bicyclic) bond motifs is 1. The van der Waals surface area contributed by atoms with Gasteiger partial charge in [-0.1, -0.05) is 24.9 Å². The van der Waals surface area contributed by atoms with Gasteiger partial charge in [0.25, 0.3) is 0 Å². The van der Waals surface area contributed by atoms with Crippen molar-refractivity contribution in [3.05, 3.63) is 35.1 Å². The third-order valence-electron chi connectivity index (χ3n) is 2.16. The topological polar surface area (TPSA) is 25.8 Å². The Morgan fingerprint density at radius 1 is 1.36 bits per heavy atom. The summed E-state index contributed by atoms with van der Waals surface area (Å²) in [5.41, 5.74) is 2.75. The molecule has 2 aromatic rings. The van der Waals surface area contributed by atoms with Crippen LogP contribution in [0.2, 0.25) is 5.02 Å². The third-order valence-corrected chi connectivity index (χ3v) is 2.58. The van der Waals surface area contributed by atoms with Crippen LogP contribution in [0.1, 0.15) is 18.9 Å². The van der Waals surface area contributed by atoms with Crippen molar-refractivity contribution in [1.82, 2.24) is 9.97 Å². The Kier molecular flexibility index (Phi) is 2.64. The van der Waals surface area contributed by atoms with Crippen molar-refractivity contribution >= 4 is 22.6 Å². The van der Waals surface area contributed by atoms with E-state index in [1.165, 1.54) is 0 Å². The highest BCUT2D eigenvalue weighted by atomic mass is 35.5. The van der Waals surface area contributed by atoms with Gasteiger partial charge in [0, 0.05) is 12.4 Å². The molecule has 0 bridgehead atoms. The molecule has 0 aromatic carbocycles. The predicted molar refractivity (Wildman–Crippen MR) is 58.5 cm³/mol. The van der Waals surface area contributed by atoms with Crippen molar-refractivity contribution in [2.75, 3.05) is 0 Å². The molecule has 2 aromatic heterocycles. The Hall–Kier alpha value is -1.15. The average Bonchev–Trinajstić information content (AvgIpc) is 2.23. The van der Waals surface area contributed by atoms with E-state index in [1.54, 1.807) is 6.20 Å². The molecule has 0 spiro atoms. The first-order chi connectivity index (χ1) is 6.83. The number of hydrogen-bond donors (Lipinski definition) is 0. The second-order valence-electron chi connectivity index (χ2n) is 3.22. The van der Waals surface area contributed by atoms with Gasteiger partial charge in [-0.2, -0.15) is 0 Å². The van der Waals surface area contributed by atoms with Gasteiger partial charge in [0.2, 0.25) is 0 Å². The Balaban J connectivity index is 2.63. The van der Waals surface area contributed by atoms with E-state index in [1.807, 2.05) is 18.3 Å². The van der Waals surface area contributed by atoms with Gasteiger partial charge in [0.15, 0.2) is 0 Å². The number of rotatable bonds is 2. The molecule has 2 nitrogen and oxygen atoms in total. The first-order valence-corrected chi connectivity index (χ1v) is 5.09. The first-order valence-electron chi connectivity index (χ1n) is 4.71. The molecule has 0 saturated heterocycles. The Morgan fingerprint density at radius 3 is 3.00 bits per heavy atom. The van der Waals surface area contributed by atoms with Crippen LogP contribution >= 0.6 is 11.6 Å². The lowest BCUT2D eigenvalue weighted by atomic mass is 10.1. The van der Waals surface area contributed by atoms with Crippen LogP contribution in [-0.2, 0) is 6.42 Å². The quantitative estimate of drug-likeness (QED) is 0.754. The number of halogens is 1. The van der Waals surface area contributed by atoms with E-state index in [0.717, 1.165) is 34.5 Å². The van der Waals surface area contributed by atoms with Gasteiger partial charge in [-0.3, -0.25) is 9.97 Å². The van der Waals surface area contributed by atoms with Crippen LogP contribution in [0.15, 0.2) is 24.5 Å². The Morgan fingerprint density at radius 2 is 2.21 bits per heavy atom. The summed E-state index contributed by atoms with van der Waals surface area (Å²) in [6, 6.07) is 3.79. The fourth-order valence-corrected chi connectivity index (χ4v) is 1.76. The minimum Gasteiger partial charge on any atom is -0.254 e. The summed E-state index contributed by atoms with van der Waals surface area (Å²) in [5, 5.41) is 0.748. The van der Waals surface area contributed by atoms with Gasteiger partial charge in [0.1, 0.15) is 5.52 Å².